The summed E-state index contributed by atoms with van der Waals surface area (Å²) < 4.78 is 0. The highest BCUT2D eigenvalue weighted by Crippen LogP contribution is 2.02. The Morgan fingerprint density at radius 3 is 3.14 bits per heavy atom. The lowest BCUT2D eigenvalue weighted by Gasteiger charge is -2.02. The van der Waals surface area contributed by atoms with Gasteiger partial charge in [-0.25, -0.2) is 0 Å². The molecule has 0 saturated heterocycles. The van der Waals surface area contributed by atoms with Crippen LogP contribution in [0.4, 0.5) is 0 Å². The molecule has 0 aliphatic heterocycles. The van der Waals surface area contributed by atoms with Crippen LogP contribution in [0.15, 0.2) is 18.3 Å². The van der Waals surface area contributed by atoms with Gasteiger partial charge in [0.2, 0.25) is 0 Å². The van der Waals surface area contributed by atoms with Crippen LogP contribution in [0.3, 0.4) is 0 Å². The molecule has 1 aromatic heterocycles. The second kappa shape index (κ2) is 4.97. The van der Waals surface area contributed by atoms with Gasteiger partial charge in [-0.05, 0) is 19.1 Å². The van der Waals surface area contributed by atoms with Gasteiger partial charge in [-0.2, -0.15) is 5.26 Å². The minimum absolute atomic E-state index is 0.130. The van der Waals surface area contributed by atoms with E-state index in [-0.39, 0.29) is 12.3 Å². The molecular weight excluding hydrogens is 178 g/mol. The highest BCUT2D eigenvalue weighted by atomic mass is 16.1. The van der Waals surface area contributed by atoms with E-state index < -0.39 is 0 Å². The molecule has 0 bridgehead atoms. The molecule has 0 fully saturated rings. The predicted molar refractivity (Wildman–Crippen MR) is 51.6 cm³/mol. The Hall–Kier alpha value is -1.89. The molecule has 1 amide bonds. The standard InChI is InChI=1S/C10H11N3O/c1-2-12-10(14)8-4-6-13-9(7-8)3-5-11/h4,6-7H,2-3H2,1H3,(H,12,14). The number of nitrogens with zero attached hydrogens (tertiary/aromatic N) is 2. The lowest BCUT2D eigenvalue weighted by atomic mass is 10.2. The minimum atomic E-state index is -0.130. The number of hydrogen-bond donors (Lipinski definition) is 1. The van der Waals surface area contributed by atoms with Crippen molar-refractivity contribution < 1.29 is 4.79 Å². The second-order valence-corrected chi connectivity index (χ2v) is 2.73. The number of carbonyl (C=O) groups excluding carboxylic acids is 1. The number of pyridine rings is 1. The first-order chi connectivity index (χ1) is 6.77. The smallest absolute Gasteiger partial charge is 0.251 e. The molecule has 1 N–H and O–H groups in total. The van der Waals surface area contributed by atoms with E-state index in [9.17, 15) is 4.79 Å². The first-order valence-electron chi connectivity index (χ1n) is 4.38. The van der Waals surface area contributed by atoms with Gasteiger partial charge in [-0.15, -0.1) is 0 Å². The van der Waals surface area contributed by atoms with Crippen LogP contribution >= 0.6 is 0 Å². The summed E-state index contributed by atoms with van der Waals surface area (Å²) in [6, 6.07) is 5.25. The van der Waals surface area contributed by atoms with Gasteiger partial charge in [-0.1, -0.05) is 0 Å². The van der Waals surface area contributed by atoms with Crippen molar-refractivity contribution in [2.45, 2.75) is 13.3 Å². The van der Waals surface area contributed by atoms with Crippen LogP contribution in [0.1, 0.15) is 23.0 Å². The van der Waals surface area contributed by atoms with Gasteiger partial charge < -0.3 is 5.32 Å². The van der Waals surface area contributed by atoms with Gasteiger partial charge in [-0.3, -0.25) is 9.78 Å². The molecule has 0 atom stereocenters. The van der Waals surface area contributed by atoms with Crippen molar-refractivity contribution >= 4 is 5.91 Å². The molecule has 1 aromatic rings. The quantitative estimate of drug-likeness (QED) is 0.768. The molecule has 0 aliphatic rings. The Labute approximate surface area is 82.6 Å². The Kier molecular flexibility index (Phi) is 3.62. The Morgan fingerprint density at radius 2 is 2.50 bits per heavy atom. The second-order valence-electron chi connectivity index (χ2n) is 2.73. The number of nitriles is 1. The van der Waals surface area contributed by atoms with Gasteiger partial charge in [0.25, 0.3) is 5.91 Å². The van der Waals surface area contributed by atoms with E-state index in [1.165, 1.54) is 6.20 Å². The zero-order valence-corrected chi connectivity index (χ0v) is 7.95. The van der Waals surface area contributed by atoms with Crippen molar-refractivity contribution in [2.24, 2.45) is 0 Å². The number of amides is 1. The molecule has 4 nitrogen and oxygen atoms in total. The van der Waals surface area contributed by atoms with Gasteiger partial charge >= 0.3 is 0 Å². The van der Waals surface area contributed by atoms with Gasteiger partial charge in [0.1, 0.15) is 0 Å². The summed E-state index contributed by atoms with van der Waals surface area (Å²) in [5.41, 5.74) is 1.17. The van der Waals surface area contributed by atoms with Crippen LogP contribution in [0, 0.1) is 11.3 Å². The van der Waals surface area contributed by atoms with Gasteiger partial charge in [0, 0.05) is 18.3 Å². The third-order valence-corrected chi connectivity index (χ3v) is 1.68. The van der Waals surface area contributed by atoms with Crippen LogP contribution < -0.4 is 5.32 Å². The molecular formula is C10H11N3O. The fourth-order valence-corrected chi connectivity index (χ4v) is 1.06. The van der Waals surface area contributed by atoms with Crippen molar-refractivity contribution in [1.82, 2.24) is 10.3 Å². The zero-order chi connectivity index (χ0) is 10.4. The summed E-state index contributed by atoms with van der Waals surface area (Å²) >= 11 is 0. The molecule has 0 aliphatic carbocycles. The maximum absolute atomic E-state index is 11.4. The third-order valence-electron chi connectivity index (χ3n) is 1.68. The van der Waals surface area contributed by atoms with E-state index >= 15 is 0 Å². The SMILES string of the molecule is CCNC(=O)c1ccnc(CC#N)c1. The average Bonchev–Trinajstić information content (AvgIpc) is 2.19. The molecule has 1 rings (SSSR count). The van der Waals surface area contributed by atoms with E-state index in [4.69, 9.17) is 5.26 Å². The van der Waals surface area contributed by atoms with Crippen LogP contribution in [-0.2, 0) is 6.42 Å². The van der Waals surface area contributed by atoms with Crippen LogP contribution in [0.5, 0.6) is 0 Å². The molecule has 4 heteroatoms. The van der Waals surface area contributed by atoms with Crippen molar-refractivity contribution in [3.63, 3.8) is 0 Å². The highest BCUT2D eigenvalue weighted by Gasteiger charge is 2.04. The molecule has 72 valence electrons. The summed E-state index contributed by atoms with van der Waals surface area (Å²) in [5, 5.41) is 11.1. The maximum Gasteiger partial charge on any atom is 0.251 e. The largest absolute Gasteiger partial charge is 0.352 e. The molecule has 14 heavy (non-hydrogen) atoms. The van der Waals surface area contributed by atoms with E-state index in [2.05, 4.69) is 10.3 Å². The number of carbonyl (C=O) groups is 1. The maximum atomic E-state index is 11.4. The van der Waals surface area contributed by atoms with Crippen molar-refractivity contribution in [3.05, 3.63) is 29.6 Å². The molecule has 0 unspecified atom stereocenters. The topological polar surface area (TPSA) is 65.8 Å². The number of nitrogens with one attached hydrogen (secondary N) is 1. The summed E-state index contributed by atoms with van der Waals surface area (Å²) in [4.78, 5) is 15.3. The fourth-order valence-electron chi connectivity index (χ4n) is 1.06. The summed E-state index contributed by atoms with van der Waals surface area (Å²) in [5.74, 6) is -0.130. The average molecular weight is 189 g/mol. The Balaban J connectivity index is 2.83. The summed E-state index contributed by atoms with van der Waals surface area (Å²) in [6.07, 6.45) is 1.77. The molecule has 0 aromatic carbocycles. The van der Waals surface area contributed by atoms with Crippen LogP contribution in [0.25, 0.3) is 0 Å². The lowest BCUT2D eigenvalue weighted by molar-refractivity contribution is 0.0955. The summed E-state index contributed by atoms with van der Waals surface area (Å²) in [6.45, 7) is 2.45. The van der Waals surface area contributed by atoms with E-state index in [0.29, 0.717) is 17.8 Å². The fraction of sp³-hybridized carbons (Fsp3) is 0.300. The predicted octanol–water partition coefficient (Wildman–Crippen LogP) is 0.897. The first-order valence-corrected chi connectivity index (χ1v) is 4.38. The Bertz CT molecular complexity index is 368. The van der Waals surface area contributed by atoms with E-state index in [0.717, 1.165) is 0 Å². The normalized spacial score (nSPS) is 9.14. The van der Waals surface area contributed by atoms with Crippen molar-refractivity contribution in [2.75, 3.05) is 6.54 Å². The van der Waals surface area contributed by atoms with Crippen molar-refractivity contribution in [3.8, 4) is 6.07 Å². The van der Waals surface area contributed by atoms with E-state index in [1.807, 2.05) is 13.0 Å². The van der Waals surface area contributed by atoms with E-state index in [1.54, 1.807) is 12.1 Å². The molecule has 0 saturated carbocycles. The van der Waals surface area contributed by atoms with Crippen LogP contribution in [0.2, 0.25) is 0 Å². The third kappa shape index (κ3) is 2.56. The molecule has 0 spiro atoms. The zero-order valence-electron chi connectivity index (χ0n) is 7.95. The minimum Gasteiger partial charge on any atom is -0.352 e. The molecule has 0 radical (unpaired) electrons. The first kappa shape index (κ1) is 10.2. The summed E-state index contributed by atoms with van der Waals surface area (Å²) in [7, 11) is 0. The monoisotopic (exact) mass is 189 g/mol. The number of hydrogen-bond acceptors (Lipinski definition) is 3. The lowest BCUT2D eigenvalue weighted by Crippen LogP contribution is -2.22. The molecule has 1 heterocycles. The Morgan fingerprint density at radius 1 is 1.71 bits per heavy atom. The van der Waals surface area contributed by atoms with Gasteiger partial charge in [0.15, 0.2) is 0 Å². The van der Waals surface area contributed by atoms with Crippen molar-refractivity contribution in [1.29, 1.82) is 5.26 Å². The highest BCUT2D eigenvalue weighted by molar-refractivity contribution is 5.94. The van der Waals surface area contributed by atoms with Gasteiger partial charge in [0.05, 0.1) is 18.2 Å². The number of rotatable bonds is 3. The number of aromatic nitrogens is 1. The van der Waals surface area contributed by atoms with Crippen LogP contribution in [-0.4, -0.2) is 17.4 Å².